The maximum Gasteiger partial charge on any atom is 0.271 e. The van der Waals surface area contributed by atoms with Gasteiger partial charge in [-0.05, 0) is 25.5 Å². The van der Waals surface area contributed by atoms with E-state index in [1.807, 2.05) is 30.3 Å². The Hall–Kier alpha value is -3.62. The Bertz CT molecular complexity index is 1500. The van der Waals surface area contributed by atoms with E-state index < -0.39 is 0 Å². The Morgan fingerprint density at radius 2 is 1.81 bits per heavy atom. The molecular weight excluding hydrogens is 492 g/mol. The van der Waals surface area contributed by atoms with Gasteiger partial charge in [0.15, 0.2) is 17.2 Å². The molecule has 5 rings (SSSR count). The van der Waals surface area contributed by atoms with Gasteiger partial charge in [0, 0.05) is 30.6 Å². The molecule has 8 nitrogen and oxygen atoms in total. The van der Waals surface area contributed by atoms with E-state index in [2.05, 4.69) is 10.6 Å². The van der Waals surface area contributed by atoms with Crippen molar-refractivity contribution in [2.24, 2.45) is 7.05 Å². The van der Waals surface area contributed by atoms with Crippen LogP contribution < -0.4 is 20.9 Å². The molecule has 2 aromatic heterocycles. The van der Waals surface area contributed by atoms with Crippen molar-refractivity contribution >= 4 is 45.9 Å². The second kappa shape index (κ2) is 11.2. The normalized spacial score (nSPS) is 15.4. The molecule has 2 N–H and O–H groups in total. The minimum atomic E-state index is -0.367. The molecule has 3 heterocycles. The molecule has 37 heavy (non-hydrogen) atoms. The third kappa shape index (κ3) is 4.86. The fraction of sp³-hybridized carbons (Fsp3) is 0.321. The minimum absolute atomic E-state index is 0. The Balaban J connectivity index is 0.00000320. The highest BCUT2D eigenvalue weighted by atomic mass is 35.5. The molecule has 1 aliphatic heterocycles. The predicted molar refractivity (Wildman–Crippen MR) is 147 cm³/mol. The predicted octanol–water partition coefficient (Wildman–Crippen LogP) is 3.68. The van der Waals surface area contributed by atoms with Gasteiger partial charge in [-0.25, -0.2) is 0 Å². The van der Waals surface area contributed by atoms with Crippen LogP contribution in [0, 0.1) is 0 Å². The summed E-state index contributed by atoms with van der Waals surface area (Å²) in [4.78, 5) is 40.3. The molecule has 2 aromatic carbocycles. The molecule has 0 spiro atoms. The lowest BCUT2D eigenvalue weighted by Gasteiger charge is -2.23. The van der Waals surface area contributed by atoms with E-state index in [-0.39, 0.29) is 53.7 Å². The summed E-state index contributed by atoms with van der Waals surface area (Å²) in [6.45, 7) is 1.33. The zero-order valence-corrected chi connectivity index (χ0v) is 21.8. The van der Waals surface area contributed by atoms with Gasteiger partial charge in [-0.15, -0.1) is 12.4 Å². The second-order valence-corrected chi connectivity index (χ2v) is 9.22. The Morgan fingerprint density at radius 3 is 2.51 bits per heavy atom. The summed E-state index contributed by atoms with van der Waals surface area (Å²) >= 11 is 0. The van der Waals surface area contributed by atoms with E-state index in [0.29, 0.717) is 28.5 Å². The highest BCUT2D eigenvalue weighted by molar-refractivity contribution is 6.12. The molecule has 0 saturated carbocycles. The van der Waals surface area contributed by atoms with Crippen molar-refractivity contribution in [1.29, 1.82) is 0 Å². The van der Waals surface area contributed by atoms with E-state index >= 15 is 0 Å². The van der Waals surface area contributed by atoms with Crippen LogP contribution in [0.25, 0.3) is 21.8 Å². The number of rotatable bonds is 7. The number of pyridine rings is 1. The number of nitrogens with one attached hydrogen (secondary N) is 2. The first kappa shape index (κ1) is 26.4. The quantitative estimate of drug-likeness (QED) is 0.361. The monoisotopic (exact) mass is 522 g/mol. The first-order valence-electron chi connectivity index (χ1n) is 12.3. The number of carbonyl (C=O) groups excluding carboxylic acids is 2. The fourth-order valence-corrected chi connectivity index (χ4v) is 5.19. The summed E-state index contributed by atoms with van der Waals surface area (Å²) in [6, 6.07) is 16.6. The van der Waals surface area contributed by atoms with Crippen molar-refractivity contribution in [3.8, 4) is 5.75 Å². The molecule has 1 aliphatic rings. The maximum atomic E-state index is 13.9. The highest BCUT2D eigenvalue weighted by Gasteiger charge is 2.28. The largest absolute Gasteiger partial charge is 0.493 e. The number of hydrogen-bond donors (Lipinski definition) is 2. The molecular formula is C28H31ClN4O4. The van der Waals surface area contributed by atoms with Crippen LogP contribution in [0.3, 0.4) is 0 Å². The number of benzene rings is 2. The van der Waals surface area contributed by atoms with Crippen molar-refractivity contribution in [3.05, 3.63) is 76.2 Å². The number of ketones is 1. The van der Waals surface area contributed by atoms with Gasteiger partial charge in [0.05, 0.1) is 24.7 Å². The lowest BCUT2D eigenvalue weighted by molar-refractivity contribution is 0.0935. The van der Waals surface area contributed by atoms with Gasteiger partial charge in [0.2, 0.25) is 0 Å². The van der Waals surface area contributed by atoms with Crippen LogP contribution in [0.4, 0.5) is 0 Å². The molecule has 0 radical (unpaired) electrons. The topological polar surface area (TPSA) is 94.4 Å². The van der Waals surface area contributed by atoms with Crippen molar-refractivity contribution < 1.29 is 14.3 Å². The molecule has 0 aliphatic carbocycles. The first-order valence-corrected chi connectivity index (χ1v) is 12.3. The molecule has 1 atom stereocenters. The second-order valence-electron chi connectivity index (χ2n) is 9.22. The Morgan fingerprint density at radius 1 is 1.08 bits per heavy atom. The lowest BCUT2D eigenvalue weighted by Crippen LogP contribution is -2.43. The summed E-state index contributed by atoms with van der Waals surface area (Å²) in [5.41, 5.74) is 1.69. The number of piperidine rings is 1. The van der Waals surface area contributed by atoms with Crippen molar-refractivity contribution in [2.45, 2.75) is 31.8 Å². The van der Waals surface area contributed by atoms with E-state index in [1.165, 1.54) is 11.7 Å². The molecule has 4 aromatic rings. The molecule has 1 fully saturated rings. The average molecular weight is 523 g/mol. The summed E-state index contributed by atoms with van der Waals surface area (Å²) in [5.74, 6) is -0.248. The molecule has 194 valence electrons. The van der Waals surface area contributed by atoms with Crippen LogP contribution in [-0.2, 0) is 13.6 Å². The van der Waals surface area contributed by atoms with Crippen molar-refractivity contribution in [2.75, 3.05) is 20.2 Å². The fourth-order valence-electron chi connectivity index (χ4n) is 5.19. The lowest BCUT2D eigenvalue weighted by atomic mass is 10.1. The van der Waals surface area contributed by atoms with Gasteiger partial charge in [0.25, 0.3) is 11.5 Å². The van der Waals surface area contributed by atoms with Crippen LogP contribution in [0.5, 0.6) is 5.75 Å². The summed E-state index contributed by atoms with van der Waals surface area (Å²) in [7, 11) is 3.23. The van der Waals surface area contributed by atoms with Gasteiger partial charge in [0.1, 0.15) is 5.39 Å². The number of ether oxygens (including phenoxy) is 1. The molecule has 1 amide bonds. The molecule has 0 bridgehead atoms. The number of halogens is 1. The van der Waals surface area contributed by atoms with E-state index in [4.69, 9.17) is 4.74 Å². The third-order valence-corrected chi connectivity index (χ3v) is 7.00. The third-order valence-electron chi connectivity index (χ3n) is 7.00. The average Bonchev–Trinajstić information content (AvgIpc) is 3.23. The smallest absolute Gasteiger partial charge is 0.271 e. The van der Waals surface area contributed by atoms with Crippen molar-refractivity contribution in [3.63, 3.8) is 0 Å². The van der Waals surface area contributed by atoms with Crippen LogP contribution in [-0.4, -0.2) is 47.1 Å². The standard InChI is InChI=1S/C28H30N4O4.ClH/c1-31-24-20-13-6-7-14-21(20)32(17-22(33)18-10-4-3-5-11-18)28(35)23(24)26(36-2)25(31)27(34)30-16-19-12-8-9-15-29-19;/h3-7,10-11,13-14,19,29H,8-9,12,15-17H2,1-2H3,(H,30,34);1H. The van der Waals surface area contributed by atoms with Crippen LogP contribution >= 0.6 is 12.4 Å². The summed E-state index contributed by atoms with van der Waals surface area (Å²) in [6.07, 6.45) is 3.29. The van der Waals surface area contributed by atoms with E-state index in [9.17, 15) is 14.4 Å². The van der Waals surface area contributed by atoms with E-state index in [1.54, 1.807) is 35.9 Å². The zero-order chi connectivity index (χ0) is 25.2. The number of amides is 1. The number of Topliss-reactive ketones (excluding diaryl/α,β-unsaturated/α-hetero) is 1. The summed E-state index contributed by atoms with van der Waals surface area (Å²) < 4.78 is 8.87. The number of aromatic nitrogens is 2. The number of nitrogens with zero attached hydrogens (tertiary/aromatic N) is 2. The Labute approximate surface area is 221 Å². The number of carbonyl (C=O) groups is 2. The maximum absolute atomic E-state index is 13.9. The number of aryl methyl sites for hydroxylation is 1. The first-order chi connectivity index (χ1) is 17.5. The van der Waals surface area contributed by atoms with Gasteiger partial charge in [-0.2, -0.15) is 0 Å². The Kier molecular flexibility index (Phi) is 8.00. The van der Waals surface area contributed by atoms with Crippen LogP contribution in [0.1, 0.15) is 40.1 Å². The molecule has 1 unspecified atom stereocenters. The number of methoxy groups -OCH3 is 1. The van der Waals surface area contributed by atoms with E-state index in [0.717, 1.165) is 31.2 Å². The SMILES string of the molecule is COc1c(C(=O)NCC2CCCCN2)n(C)c2c1c(=O)n(CC(=O)c1ccccc1)c1ccccc21.Cl. The van der Waals surface area contributed by atoms with Gasteiger partial charge in [-0.3, -0.25) is 19.0 Å². The van der Waals surface area contributed by atoms with Crippen LogP contribution in [0.2, 0.25) is 0 Å². The van der Waals surface area contributed by atoms with Gasteiger partial charge < -0.3 is 19.9 Å². The van der Waals surface area contributed by atoms with Crippen LogP contribution in [0.15, 0.2) is 59.4 Å². The number of fused-ring (bicyclic) bond motifs is 3. The summed E-state index contributed by atoms with van der Waals surface area (Å²) in [5, 5.41) is 7.50. The molecule has 9 heteroatoms. The number of hydrogen-bond acceptors (Lipinski definition) is 5. The molecule has 1 saturated heterocycles. The highest BCUT2D eigenvalue weighted by Crippen LogP contribution is 2.34. The van der Waals surface area contributed by atoms with Crippen molar-refractivity contribution in [1.82, 2.24) is 19.8 Å². The minimum Gasteiger partial charge on any atom is -0.493 e. The van der Waals surface area contributed by atoms with Gasteiger partial charge >= 0.3 is 0 Å². The number of para-hydroxylation sites is 1. The van der Waals surface area contributed by atoms with Gasteiger partial charge in [-0.1, -0.05) is 55.0 Å². The zero-order valence-electron chi connectivity index (χ0n) is 21.0.